The first-order valence-electron chi connectivity index (χ1n) is 15.0. The molecule has 0 amide bonds. The van der Waals surface area contributed by atoms with Crippen LogP contribution >= 0.6 is 11.6 Å². The van der Waals surface area contributed by atoms with E-state index in [1.54, 1.807) is 6.33 Å². The fraction of sp³-hybridized carbons (Fsp3) is 0.324. The maximum atomic E-state index is 15.4. The van der Waals surface area contributed by atoms with Crippen molar-refractivity contribution in [2.75, 3.05) is 23.3 Å². The van der Waals surface area contributed by atoms with Crippen LogP contribution in [-0.4, -0.2) is 41.0 Å². The number of hydrogen-bond donors (Lipinski definition) is 1. The lowest BCUT2D eigenvalue weighted by Crippen LogP contribution is -2.48. The predicted molar refractivity (Wildman–Crippen MR) is 178 cm³/mol. The fourth-order valence-electron chi connectivity index (χ4n) is 6.06. The molecule has 1 fully saturated rings. The van der Waals surface area contributed by atoms with Gasteiger partial charge in [-0.1, -0.05) is 44.5 Å². The summed E-state index contributed by atoms with van der Waals surface area (Å²) >= 11 is 6.04. The zero-order valence-corrected chi connectivity index (χ0v) is 27.8. The van der Waals surface area contributed by atoms with E-state index < -0.39 is 26.2 Å². The minimum atomic E-state index is -4.20. The van der Waals surface area contributed by atoms with Gasteiger partial charge in [0.2, 0.25) is 5.95 Å². The van der Waals surface area contributed by atoms with E-state index in [0.29, 0.717) is 28.0 Å². The van der Waals surface area contributed by atoms with E-state index in [0.717, 1.165) is 35.0 Å². The highest BCUT2D eigenvalue weighted by Gasteiger charge is 2.50. The van der Waals surface area contributed by atoms with Crippen molar-refractivity contribution in [2.24, 2.45) is 7.05 Å². The number of fused-ring (bicyclic) bond motifs is 1. The van der Waals surface area contributed by atoms with Gasteiger partial charge in [-0.25, -0.2) is 22.2 Å². The van der Waals surface area contributed by atoms with Crippen molar-refractivity contribution < 1.29 is 17.2 Å². The molecule has 240 valence electrons. The molecule has 0 bridgehead atoms. The first-order chi connectivity index (χ1) is 21.7. The van der Waals surface area contributed by atoms with Gasteiger partial charge >= 0.3 is 0 Å². The summed E-state index contributed by atoms with van der Waals surface area (Å²) in [4.78, 5) is 16.0. The summed E-state index contributed by atoms with van der Waals surface area (Å²) in [7, 11) is -2.33. The Hall–Kier alpha value is -4.09. The average molecular weight is 665 g/mol. The summed E-state index contributed by atoms with van der Waals surface area (Å²) in [5.74, 6) is -0.584. The van der Waals surface area contributed by atoms with Gasteiger partial charge in [-0.15, -0.1) is 0 Å². The zero-order chi connectivity index (χ0) is 33.0. The van der Waals surface area contributed by atoms with E-state index in [-0.39, 0.29) is 41.8 Å². The van der Waals surface area contributed by atoms with Crippen molar-refractivity contribution in [3.63, 3.8) is 0 Å². The molecule has 1 N–H and O–H groups in total. The summed E-state index contributed by atoms with van der Waals surface area (Å²) in [5.41, 5.74) is 4.03. The van der Waals surface area contributed by atoms with Crippen LogP contribution in [0.1, 0.15) is 50.3 Å². The molecule has 8 nitrogen and oxygen atoms in total. The maximum absolute atomic E-state index is 15.4. The van der Waals surface area contributed by atoms with Gasteiger partial charge < -0.3 is 14.8 Å². The molecule has 2 aromatic heterocycles. The molecule has 1 aliphatic rings. The Kier molecular flexibility index (Phi) is 8.05. The molecule has 0 spiro atoms. The molecule has 0 radical (unpaired) electrons. The Morgan fingerprint density at radius 1 is 0.957 bits per heavy atom. The number of halogens is 3. The van der Waals surface area contributed by atoms with Gasteiger partial charge in [0.25, 0.3) is 0 Å². The molecular weight excluding hydrogens is 630 g/mol. The van der Waals surface area contributed by atoms with E-state index in [2.05, 4.69) is 49.3 Å². The molecule has 6 rings (SSSR count). The van der Waals surface area contributed by atoms with Crippen molar-refractivity contribution in [2.45, 2.75) is 55.6 Å². The zero-order valence-electron chi connectivity index (χ0n) is 26.3. The monoisotopic (exact) mass is 664 g/mol. The number of hydrogen-bond acceptors (Lipinski definition) is 7. The van der Waals surface area contributed by atoms with Crippen molar-refractivity contribution in [1.82, 2.24) is 19.5 Å². The summed E-state index contributed by atoms with van der Waals surface area (Å²) in [6.45, 7) is 8.82. The van der Waals surface area contributed by atoms with Crippen LogP contribution < -0.4 is 10.2 Å². The van der Waals surface area contributed by atoms with Gasteiger partial charge in [0, 0.05) is 36.4 Å². The normalized spacial score (nSPS) is 15.3. The minimum Gasteiger partial charge on any atom is -0.341 e. The molecule has 3 heterocycles. The number of nitrogens with one attached hydrogen (secondary N) is 1. The standard InChI is InChI=1S/C34H35ClF2N6O2S/c1-21-6-7-22(33(2,3)4)18-28(21)39-31-29-30(38-20-42(29)5)40-32(41-31)43-16-14-34(15-17-43,26-19-24(36)10-13-27(26)37)46(44,45)25-11-8-23(35)9-12-25/h6-13,18-20H,14-17H2,1-5H3,(H,39,40,41). The topological polar surface area (TPSA) is 93.0 Å². The van der Waals surface area contributed by atoms with Crippen LogP contribution in [0.4, 0.5) is 26.2 Å². The van der Waals surface area contributed by atoms with Crippen molar-refractivity contribution in [3.8, 4) is 0 Å². The van der Waals surface area contributed by atoms with Gasteiger partial charge in [0.1, 0.15) is 21.9 Å². The second-order valence-electron chi connectivity index (χ2n) is 12.9. The Labute approximate surface area is 272 Å². The first-order valence-corrected chi connectivity index (χ1v) is 16.8. The maximum Gasteiger partial charge on any atom is 0.229 e. The Morgan fingerprint density at radius 3 is 2.33 bits per heavy atom. The summed E-state index contributed by atoms with van der Waals surface area (Å²) in [6, 6.07) is 15.0. The largest absolute Gasteiger partial charge is 0.341 e. The van der Waals surface area contributed by atoms with Crippen LogP contribution in [-0.2, 0) is 27.0 Å². The first kappa shape index (κ1) is 31.9. The second-order valence-corrected chi connectivity index (χ2v) is 15.6. The molecular formula is C34H35ClF2N6O2S. The number of sulfone groups is 1. The second kappa shape index (κ2) is 11.6. The van der Waals surface area contributed by atoms with Crippen LogP contribution in [0, 0.1) is 18.6 Å². The SMILES string of the molecule is Cc1ccc(C(C)(C)C)cc1Nc1nc(N2CCC(c3cc(F)ccc3F)(S(=O)(=O)c3ccc(Cl)cc3)CC2)nc2ncn(C)c12. The average Bonchev–Trinajstić information content (AvgIpc) is 3.39. The number of benzene rings is 3. The molecule has 0 atom stereocenters. The quantitative estimate of drug-likeness (QED) is 0.200. The molecule has 1 aliphatic heterocycles. The van der Waals surface area contributed by atoms with Crippen molar-refractivity contribution in [3.05, 3.63) is 100 Å². The Morgan fingerprint density at radius 2 is 1.65 bits per heavy atom. The molecule has 0 aliphatic carbocycles. The van der Waals surface area contributed by atoms with Gasteiger partial charge in [-0.05, 0) is 84.8 Å². The number of anilines is 3. The van der Waals surface area contributed by atoms with Gasteiger partial charge in [-0.3, -0.25) is 0 Å². The van der Waals surface area contributed by atoms with E-state index in [1.807, 2.05) is 23.4 Å². The number of aromatic nitrogens is 4. The van der Waals surface area contributed by atoms with E-state index >= 15 is 4.39 Å². The highest BCUT2D eigenvalue weighted by atomic mass is 35.5. The van der Waals surface area contributed by atoms with E-state index in [4.69, 9.17) is 21.6 Å². The van der Waals surface area contributed by atoms with Crippen LogP contribution in [0.5, 0.6) is 0 Å². The van der Waals surface area contributed by atoms with Crippen LogP contribution in [0.15, 0.2) is 71.9 Å². The molecule has 0 unspecified atom stereocenters. The lowest BCUT2D eigenvalue weighted by Gasteiger charge is -2.41. The lowest BCUT2D eigenvalue weighted by atomic mass is 9.86. The summed E-state index contributed by atoms with van der Waals surface area (Å²) in [6.07, 6.45) is 1.61. The highest BCUT2D eigenvalue weighted by molar-refractivity contribution is 7.92. The molecule has 0 saturated carbocycles. The Balaban J connectivity index is 1.39. The van der Waals surface area contributed by atoms with Crippen LogP contribution in [0.3, 0.4) is 0 Å². The van der Waals surface area contributed by atoms with E-state index in [1.165, 1.54) is 24.3 Å². The molecule has 3 aromatic carbocycles. The molecule has 46 heavy (non-hydrogen) atoms. The Bertz CT molecular complexity index is 2050. The van der Waals surface area contributed by atoms with Gasteiger partial charge in [-0.2, -0.15) is 9.97 Å². The summed E-state index contributed by atoms with van der Waals surface area (Å²) in [5, 5.41) is 3.87. The molecule has 5 aromatic rings. The van der Waals surface area contributed by atoms with Gasteiger partial charge in [0.15, 0.2) is 21.3 Å². The predicted octanol–water partition coefficient (Wildman–Crippen LogP) is 7.61. The number of piperidine rings is 1. The number of rotatable bonds is 6. The van der Waals surface area contributed by atoms with Crippen LogP contribution in [0.2, 0.25) is 5.02 Å². The minimum absolute atomic E-state index is 0.0143. The fourth-order valence-corrected chi connectivity index (χ4v) is 8.30. The molecule has 12 heteroatoms. The number of nitrogens with zero attached hydrogens (tertiary/aromatic N) is 5. The highest BCUT2D eigenvalue weighted by Crippen LogP contribution is 2.46. The lowest BCUT2D eigenvalue weighted by molar-refractivity contribution is 0.405. The third kappa shape index (κ3) is 5.60. The van der Waals surface area contributed by atoms with Gasteiger partial charge in [0.05, 0.1) is 11.2 Å². The third-order valence-corrected chi connectivity index (χ3v) is 11.6. The smallest absolute Gasteiger partial charge is 0.229 e. The van der Waals surface area contributed by atoms with E-state index in [9.17, 15) is 12.8 Å². The molecule has 1 saturated heterocycles. The van der Waals surface area contributed by atoms with Crippen molar-refractivity contribution in [1.29, 1.82) is 0 Å². The number of aryl methyl sites for hydroxylation is 2. The van der Waals surface area contributed by atoms with Crippen molar-refractivity contribution >= 4 is 50.1 Å². The third-order valence-electron chi connectivity index (χ3n) is 8.83. The summed E-state index contributed by atoms with van der Waals surface area (Å²) < 4.78 is 58.6. The number of imidazole rings is 1. The van der Waals surface area contributed by atoms with Crippen LogP contribution in [0.25, 0.3) is 11.2 Å².